The predicted molar refractivity (Wildman–Crippen MR) is 77.6 cm³/mol. The zero-order valence-corrected chi connectivity index (χ0v) is 11.6. The van der Waals surface area contributed by atoms with Crippen LogP contribution >= 0.6 is 0 Å². The van der Waals surface area contributed by atoms with Gasteiger partial charge in [0.15, 0.2) is 0 Å². The van der Waals surface area contributed by atoms with Gasteiger partial charge in [0.1, 0.15) is 6.54 Å². The van der Waals surface area contributed by atoms with Crippen molar-refractivity contribution in [3.8, 4) is 0 Å². The molecule has 5 nitrogen and oxygen atoms in total. The Labute approximate surface area is 117 Å². The van der Waals surface area contributed by atoms with Crippen molar-refractivity contribution in [1.82, 2.24) is 9.78 Å². The molecule has 1 aromatic heterocycles. The second-order valence-corrected chi connectivity index (χ2v) is 4.71. The smallest absolute Gasteiger partial charge is 0.267 e. The highest BCUT2D eigenvalue weighted by molar-refractivity contribution is 5.93. The highest BCUT2D eigenvalue weighted by atomic mass is 16.2. The van der Waals surface area contributed by atoms with Crippen LogP contribution in [0, 0.1) is 0 Å². The molecule has 1 aromatic carbocycles. The van der Waals surface area contributed by atoms with Crippen molar-refractivity contribution in [3.05, 3.63) is 59.0 Å². The Kier molecular flexibility index (Phi) is 4.30. The van der Waals surface area contributed by atoms with Crippen LogP contribution in [0.4, 0.5) is 5.69 Å². The summed E-state index contributed by atoms with van der Waals surface area (Å²) in [5, 5.41) is 3.91. The highest BCUT2D eigenvalue weighted by Gasteiger charge is 2.19. The summed E-state index contributed by atoms with van der Waals surface area (Å²) in [6, 6.07) is 12.4. The Morgan fingerprint density at radius 3 is 2.50 bits per heavy atom. The lowest BCUT2D eigenvalue weighted by Gasteiger charge is -2.26. The lowest BCUT2D eigenvalue weighted by atomic mass is 10.2. The molecule has 0 unspecified atom stereocenters. The van der Waals surface area contributed by atoms with Gasteiger partial charge in [-0.2, -0.15) is 5.10 Å². The van der Waals surface area contributed by atoms with Crippen molar-refractivity contribution in [2.45, 2.75) is 26.4 Å². The van der Waals surface area contributed by atoms with Crippen molar-refractivity contribution < 1.29 is 4.79 Å². The lowest BCUT2D eigenvalue weighted by molar-refractivity contribution is -0.119. The molecule has 0 saturated heterocycles. The minimum absolute atomic E-state index is 0.00399. The molecule has 0 aliphatic heterocycles. The van der Waals surface area contributed by atoms with Crippen molar-refractivity contribution in [3.63, 3.8) is 0 Å². The Bertz CT molecular complexity index is 635. The molecular formula is C15H17N3O2. The molecule has 0 aliphatic rings. The van der Waals surface area contributed by atoms with Crippen molar-refractivity contribution in [2.75, 3.05) is 4.90 Å². The Morgan fingerprint density at radius 1 is 1.20 bits per heavy atom. The van der Waals surface area contributed by atoms with E-state index < -0.39 is 0 Å². The largest absolute Gasteiger partial charge is 0.308 e. The van der Waals surface area contributed by atoms with Gasteiger partial charge in [-0.25, -0.2) is 4.68 Å². The Balaban J connectivity index is 2.25. The molecule has 20 heavy (non-hydrogen) atoms. The zero-order chi connectivity index (χ0) is 14.5. The van der Waals surface area contributed by atoms with Gasteiger partial charge in [-0.1, -0.05) is 18.2 Å². The van der Waals surface area contributed by atoms with E-state index >= 15 is 0 Å². The number of hydrogen-bond donors (Lipinski definition) is 0. The molecule has 104 valence electrons. The van der Waals surface area contributed by atoms with Crippen molar-refractivity contribution in [2.24, 2.45) is 0 Å². The van der Waals surface area contributed by atoms with Crippen molar-refractivity contribution >= 4 is 11.6 Å². The van der Waals surface area contributed by atoms with Gasteiger partial charge in [-0.15, -0.1) is 0 Å². The molecule has 1 amide bonds. The molecule has 5 heteroatoms. The summed E-state index contributed by atoms with van der Waals surface area (Å²) >= 11 is 0. The third kappa shape index (κ3) is 3.12. The molecule has 2 aromatic rings. The van der Waals surface area contributed by atoms with E-state index in [1.165, 1.54) is 16.9 Å². The monoisotopic (exact) mass is 271 g/mol. The van der Waals surface area contributed by atoms with Crippen molar-refractivity contribution in [1.29, 1.82) is 0 Å². The Morgan fingerprint density at radius 2 is 1.90 bits per heavy atom. The molecule has 0 atom stereocenters. The Hall–Kier alpha value is -2.43. The molecule has 2 rings (SSSR count). The second-order valence-electron chi connectivity index (χ2n) is 4.71. The molecule has 0 radical (unpaired) electrons. The van der Waals surface area contributed by atoms with Gasteiger partial charge in [0, 0.05) is 24.0 Å². The van der Waals surface area contributed by atoms with Crippen LogP contribution in [0.5, 0.6) is 0 Å². The van der Waals surface area contributed by atoms with Gasteiger partial charge in [0.05, 0.1) is 0 Å². The maximum absolute atomic E-state index is 12.4. The number of amides is 1. The first kappa shape index (κ1) is 14.0. The van der Waals surface area contributed by atoms with Crippen LogP contribution in [0.25, 0.3) is 0 Å². The average molecular weight is 271 g/mol. The standard InChI is InChI=1S/C15H17N3O2/c1-12(2)18(13-7-4-3-5-8-13)15(20)11-17-14(19)9-6-10-16-17/h3-10,12H,11H2,1-2H3. The van der Waals surface area contributed by atoms with E-state index in [1.54, 1.807) is 11.0 Å². The molecule has 0 bridgehead atoms. The predicted octanol–water partition coefficient (Wildman–Crippen LogP) is 1.68. The summed E-state index contributed by atoms with van der Waals surface area (Å²) in [6.45, 7) is 3.81. The van der Waals surface area contributed by atoms with E-state index in [2.05, 4.69) is 5.10 Å². The SMILES string of the molecule is CC(C)N(C(=O)Cn1ncccc1=O)c1ccccc1. The minimum Gasteiger partial charge on any atom is -0.308 e. The summed E-state index contributed by atoms with van der Waals surface area (Å²) in [7, 11) is 0. The van der Waals surface area contributed by atoms with E-state index in [0.717, 1.165) is 5.69 Å². The topological polar surface area (TPSA) is 55.2 Å². The second kappa shape index (κ2) is 6.14. The van der Waals surface area contributed by atoms with Crippen LogP contribution in [0.2, 0.25) is 0 Å². The number of hydrogen-bond acceptors (Lipinski definition) is 3. The summed E-state index contributed by atoms with van der Waals surface area (Å²) in [5.74, 6) is -0.160. The van der Waals surface area contributed by atoms with Gasteiger partial charge in [0.25, 0.3) is 5.56 Å². The van der Waals surface area contributed by atoms with Gasteiger partial charge >= 0.3 is 0 Å². The number of benzene rings is 1. The molecule has 0 aliphatic carbocycles. The maximum atomic E-state index is 12.4. The van der Waals surface area contributed by atoms with E-state index in [-0.39, 0.29) is 24.1 Å². The molecule has 0 N–H and O–H groups in total. The number of para-hydroxylation sites is 1. The first-order valence-corrected chi connectivity index (χ1v) is 6.49. The van der Waals surface area contributed by atoms with E-state index in [9.17, 15) is 9.59 Å². The van der Waals surface area contributed by atoms with Crippen LogP contribution in [0.1, 0.15) is 13.8 Å². The minimum atomic E-state index is -0.280. The highest BCUT2D eigenvalue weighted by Crippen LogP contribution is 2.16. The van der Waals surface area contributed by atoms with Crippen LogP contribution in [0.15, 0.2) is 53.5 Å². The van der Waals surface area contributed by atoms with Gasteiger partial charge < -0.3 is 4.90 Å². The molecule has 0 fully saturated rings. The number of carbonyl (C=O) groups is 1. The fourth-order valence-corrected chi connectivity index (χ4v) is 2.03. The fourth-order valence-electron chi connectivity index (χ4n) is 2.03. The quantitative estimate of drug-likeness (QED) is 0.850. The average Bonchev–Trinajstić information content (AvgIpc) is 2.42. The summed E-state index contributed by atoms with van der Waals surface area (Å²) in [5.41, 5.74) is 0.536. The van der Waals surface area contributed by atoms with Crippen LogP contribution in [-0.4, -0.2) is 21.7 Å². The fraction of sp³-hybridized carbons (Fsp3) is 0.267. The van der Waals surface area contributed by atoms with Gasteiger partial charge in [-0.05, 0) is 32.0 Å². The molecular weight excluding hydrogens is 254 g/mol. The van der Waals surface area contributed by atoms with E-state index in [0.29, 0.717) is 0 Å². The van der Waals surface area contributed by atoms with Crippen LogP contribution in [-0.2, 0) is 11.3 Å². The lowest BCUT2D eigenvalue weighted by Crippen LogP contribution is -2.41. The number of anilines is 1. The summed E-state index contributed by atoms with van der Waals surface area (Å²) in [6.07, 6.45) is 1.50. The van der Waals surface area contributed by atoms with E-state index in [4.69, 9.17) is 0 Å². The first-order chi connectivity index (χ1) is 9.59. The maximum Gasteiger partial charge on any atom is 0.267 e. The van der Waals surface area contributed by atoms with Crippen LogP contribution in [0.3, 0.4) is 0 Å². The van der Waals surface area contributed by atoms with Gasteiger partial charge in [0.2, 0.25) is 5.91 Å². The molecule has 1 heterocycles. The first-order valence-electron chi connectivity index (χ1n) is 6.49. The normalized spacial score (nSPS) is 10.6. The number of rotatable bonds is 4. The molecule has 0 saturated carbocycles. The summed E-state index contributed by atoms with van der Waals surface area (Å²) < 4.78 is 1.17. The van der Waals surface area contributed by atoms with Crippen LogP contribution < -0.4 is 10.5 Å². The zero-order valence-electron chi connectivity index (χ0n) is 11.6. The van der Waals surface area contributed by atoms with E-state index in [1.807, 2.05) is 44.2 Å². The van der Waals surface area contributed by atoms with Gasteiger partial charge in [-0.3, -0.25) is 9.59 Å². The third-order valence-corrected chi connectivity index (χ3v) is 2.89. The third-order valence-electron chi connectivity index (χ3n) is 2.89. The molecule has 0 spiro atoms. The number of carbonyl (C=O) groups excluding carboxylic acids is 1. The number of nitrogens with zero attached hydrogens (tertiary/aromatic N) is 3. The number of aromatic nitrogens is 2. The summed E-state index contributed by atoms with van der Waals surface area (Å²) in [4.78, 5) is 25.7.